The predicted octanol–water partition coefficient (Wildman–Crippen LogP) is 0.845. The molecule has 1 aromatic carbocycles. The number of rotatable bonds is 5. The standard InChI is InChI=1S/C14H19NO2/c1-2-15(8-10-17)12-14-6-3-5-13(11-14)7-4-9-16/h3,5-6,11,16-17H,2,8-10,12H2,1H3. The first-order chi connectivity index (χ1) is 8.30. The van der Waals surface area contributed by atoms with Crippen molar-refractivity contribution in [3.05, 3.63) is 35.4 Å². The molecule has 0 aliphatic heterocycles. The Balaban J connectivity index is 2.70. The topological polar surface area (TPSA) is 43.7 Å². The van der Waals surface area contributed by atoms with Gasteiger partial charge in [-0.15, -0.1) is 0 Å². The number of aliphatic hydroxyl groups is 2. The Morgan fingerprint density at radius 3 is 2.76 bits per heavy atom. The molecule has 0 saturated heterocycles. The monoisotopic (exact) mass is 233 g/mol. The van der Waals surface area contributed by atoms with Gasteiger partial charge >= 0.3 is 0 Å². The smallest absolute Gasteiger partial charge is 0.104 e. The first-order valence-electron chi connectivity index (χ1n) is 5.82. The average Bonchev–Trinajstić information content (AvgIpc) is 2.36. The maximum atomic E-state index is 8.92. The lowest BCUT2D eigenvalue weighted by atomic mass is 10.1. The van der Waals surface area contributed by atoms with E-state index in [9.17, 15) is 0 Å². The summed E-state index contributed by atoms with van der Waals surface area (Å²) < 4.78 is 0. The molecule has 0 spiro atoms. The highest BCUT2D eigenvalue weighted by Crippen LogP contribution is 2.07. The molecular weight excluding hydrogens is 214 g/mol. The fourth-order valence-corrected chi connectivity index (χ4v) is 1.64. The van der Waals surface area contributed by atoms with Gasteiger partial charge < -0.3 is 10.2 Å². The molecule has 0 amide bonds. The largest absolute Gasteiger partial charge is 0.395 e. The van der Waals surface area contributed by atoms with Crippen LogP contribution in [0.1, 0.15) is 18.1 Å². The average molecular weight is 233 g/mol. The molecule has 92 valence electrons. The summed E-state index contributed by atoms with van der Waals surface area (Å²) in [7, 11) is 0. The summed E-state index contributed by atoms with van der Waals surface area (Å²) in [5.41, 5.74) is 2.08. The lowest BCUT2D eigenvalue weighted by Gasteiger charge is -2.19. The van der Waals surface area contributed by atoms with Crippen molar-refractivity contribution in [3.8, 4) is 11.8 Å². The Hall–Kier alpha value is -1.34. The van der Waals surface area contributed by atoms with Crippen LogP contribution in [0.2, 0.25) is 0 Å². The molecule has 3 nitrogen and oxygen atoms in total. The number of hydrogen-bond donors (Lipinski definition) is 2. The predicted molar refractivity (Wildman–Crippen MR) is 68.4 cm³/mol. The van der Waals surface area contributed by atoms with E-state index in [0.29, 0.717) is 6.54 Å². The summed E-state index contributed by atoms with van der Waals surface area (Å²) in [6.07, 6.45) is 0. The fourth-order valence-electron chi connectivity index (χ4n) is 1.64. The van der Waals surface area contributed by atoms with Gasteiger partial charge in [0.1, 0.15) is 6.61 Å². The molecular formula is C14H19NO2. The quantitative estimate of drug-likeness (QED) is 0.741. The molecule has 0 atom stereocenters. The van der Waals surface area contributed by atoms with Gasteiger partial charge in [-0.05, 0) is 24.2 Å². The number of aliphatic hydroxyl groups excluding tert-OH is 2. The summed E-state index contributed by atoms with van der Waals surface area (Å²) in [6.45, 7) is 4.54. The van der Waals surface area contributed by atoms with Gasteiger partial charge in [0.25, 0.3) is 0 Å². The highest BCUT2D eigenvalue weighted by Gasteiger charge is 2.02. The zero-order valence-corrected chi connectivity index (χ0v) is 10.2. The Bertz CT molecular complexity index is 393. The van der Waals surface area contributed by atoms with E-state index >= 15 is 0 Å². The van der Waals surface area contributed by atoms with Gasteiger partial charge in [0.05, 0.1) is 6.61 Å². The van der Waals surface area contributed by atoms with E-state index in [-0.39, 0.29) is 13.2 Å². The van der Waals surface area contributed by atoms with Crippen LogP contribution >= 0.6 is 0 Å². The summed E-state index contributed by atoms with van der Waals surface area (Å²) in [6, 6.07) is 7.95. The van der Waals surface area contributed by atoms with Crippen LogP contribution in [0.4, 0.5) is 0 Å². The highest BCUT2D eigenvalue weighted by atomic mass is 16.3. The van der Waals surface area contributed by atoms with Crippen LogP contribution in [0.25, 0.3) is 0 Å². The molecule has 0 aliphatic carbocycles. The van der Waals surface area contributed by atoms with Crippen molar-refractivity contribution < 1.29 is 10.2 Å². The van der Waals surface area contributed by atoms with Crippen molar-refractivity contribution in [1.29, 1.82) is 0 Å². The van der Waals surface area contributed by atoms with E-state index in [2.05, 4.69) is 23.7 Å². The van der Waals surface area contributed by atoms with Crippen LogP contribution < -0.4 is 0 Å². The van der Waals surface area contributed by atoms with Crippen molar-refractivity contribution in [2.24, 2.45) is 0 Å². The van der Waals surface area contributed by atoms with E-state index in [1.165, 1.54) is 5.56 Å². The van der Waals surface area contributed by atoms with E-state index in [1.807, 2.05) is 24.3 Å². The van der Waals surface area contributed by atoms with Crippen molar-refractivity contribution >= 4 is 0 Å². The van der Waals surface area contributed by atoms with E-state index < -0.39 is 0 Å². The Morgan fingerprint density at radius 1 is 1.29 bits per heavy atom. The Labute approximate surface area is 103 Å². The third kappa shape index (κ3) is 5.01. The van der Waals surface area contributed by atoms with Crippen molar-refractivity contribution in [1.82, 2.24) is 4.90 Å². The van der Waals surface area contributed by atoms with Gasteiger partial charge in [0, 0.05) is 18.7 Å². The highest BCUT2D eigenvalue weighted by molar-refractivity contribution is 5.37. The van der Waals surface area contributed by atoms with Crippen LogP contribution in [-0.2, 0) is 6.54 Å². The van der Waals surface area contributed by atoms with Crippen molar-refractivity contribution in [2.75, 3.05) is 26.3 Å². The molecule has 17 heavy (non-hydrogen) atoms. The third-order valence-corrected chi connectivity index (χ3v) is 2.51. The lowest BCUT2D eigenvalue weighted by molar-refractivity contribution is 0.197. The van der Waals surface area contributed by atoms with E-state index in [1.54, 1.807) is 0 Å². The second-order valence-electron chi connectivity index (χ2n) is 3.75. The van der Waals surface area contributed by atoms with Crippen LogP contribution in [0.15, 0.2) is 24.3 Å². The Morgan fingerprint density at radius 2 is 2.12 bits per heavy atom. The lowest BCUT2D eigenvalue weighted by Crippen LogP contribution is -2.26. The number of benzene rings is 1. The maximum absolute atomic E-state index is 8.92. The molecule has 0 aromatic heterocycles. The van der Waals surface area contributed by atoms with Gasteiger partial charge in [-0.3, -0.25) is 4.90 Å². The number of nitrogens with zero attached hydrogens (tertiary/aromatic N) is 1. The molecule has 2 N–H and O–H groups in total. The van der Waals surface area contributed by atoms with Crippen LogP contribution in [0.5, 0.6) is 0 Å². The first-order valence-corrected chi connectivity index (χ1v) is 5.82. The summed E-state index contributed by atoms with van der Waals surface area (Å²) in [4.78, 5) is 2.17. The summed E-state index contributed by atoms with van der Waals surface area (Å²) >= 11 is 0. The second-order valence-corrected chi connectivity index (χ2v) is 3.75. The molecule has 0 saturated carbocycles. The van der Waals surface area contributed by atoms with E-state index in [0.717, 1.165) is 18.7 Å². The molecule has 1 rings (SSSR count). The molecule has 0 bridgehead atoms. The first kappa shape index (κ1) is 13.7. The summed E-state index contributed by atoms with van der Waals surface area (Å²) in [5.74, 6) is 5.53. The third-order valence-electron chi connectivity index (χ3n) is 2.51. The summed E-state index contributed by atoms with van der Waals surface area (Å²) in [5, 5.41) is 17.6. The molecule has 3 heteroatoms. The van der Waals surface area contributed by atoms with Gasteiger partial charge in [0.15, 0.2) is 0 Å². The molecule has 0 radical (unpaired) electrons. The van der Waals surface area contributed by atoms with Crippen molar-refractivity contribution in [3.63, 3.8) is 0 Å². The molecule has 0 aliphatic rings. The number of likely N-dealkylation sites (N-methyl/N-ethyl adjacent to an activating group) is 1. The molecule has 0 heterocycles. The van der Waals surface area contributed by atoms with Gasteiger partial charge in [-0.2, -0.15) is 0 Å². The Kier molecular flexibility index (Phi) is 6.34. The van der Waals surface area contributed by atoms with Crippen LogP contribution in [0.3, 0.4) is 0 Å². The minimum absolute atomic E-state index is 0.115. The normalized spacial score (nSPS) is 10.1. The molecule has 0 fully saturated rings. The minimum atomic E-state index is -0.115. The van der Waals surface area contributed by atoms with Crippen molar-refractivity contribution in [2.45, 2.75) is 13.5 Å². The molecule has 1 aromatic rings. The zero-order valence-electron chi connectivity index (χ0n) is 10.2. The number of hydrogen-bond acceptors (Lipinski definition) is 3. The molecule has 0 unspecified atom stereocenters. The van der Waals surface area contributed by atoms with Crippen LogP contribution in [-0.4, -0.2) is 41.4 Å². The second kappa shape index (κ2) is 7.86. The van der Waals surface area contributed by atoms with Gasteiger partial charge in [-0.25, -0.2) is 0 Å². The van der Waals surface area contributed by atoms with E-state index in [4.69, 9.17) is 10.2 Å². The minimum Gasteiger partial charge on any atom is -0.395 e. The van der Waals surface area contributed by atoms with Gasteiger partial charge in [0.2, 0.25) is 0 Å². The van der Waals surface area contributed by atoms with Gasteiger partial charge in [-0.1, -0.05) is 30.9 Å². The zero-order chi connectivity index (χ0) is 12.5. The fraction of sp³-hybridized carbons (Fsp3) is 0.429. The van der Waals surface area contributed by atoms with Crippen LogP contribution in [0, 0.1) is 11.8 Å². The SMILES string of the molecule is CCN(CCO)Cc1cccc(C#CCO)c1. The maximum Gasteiger partial charge on any atom is 0.104 e.